The van der Waals surface area contributed by atoms with Crippen molar-refractivity contribution in [2.24, 2.45) is 11.5 Å². The molecule has 1 saturated heterocycles. The number of aliphatic hydroxyl groups excluding tert-OH is 1. The largest absolute Gasteiger partial charge is 0.412 e. The lowest BCUT2D eigenvalue weighted by Gasteiger charge is -2.35. The van der Waals surface area contributed by atoms with Crippen LogP contribution < -0.4 is 21.7 Å². The summed E-state index contributed by atoms with van der Waals surface area (Å²) in [6, 6.07) is 12.3. The van der Waals surface area contributed by atoms with Gasteiger partial charge in [-0.15, -0.1) is 11.8 Å². The van der Waals surface area contributed by atoms with Crippen LogP contribution in [-0.2, 0) is 9.48 Å². The first-order valence-corrected chi connectivity index (χ1v) is 22.8. The van der Waals surface area contributed by atoms with Gasteiger partial charge in [-0.25, -0.2) is 15.0 Å². The molecule has 5 aromatic heterocycles. The highest BCUT2D eigenvalue weighted by Crippen LogP contribution is 2.58. The number of nitrogens with two attached hydrogens (primary N) is 2. The van der Waals surface area contributed by atoms with E-state index in [0.717, 1.165) is 56.7 Å². The monoisotopic (exact) mass is 928 g/mol. The maximum atomic E-state index is 9.44. The summed E-state index contributed by atoms with van der Waals surface area (Å²) in [6.45, 7) is 16.2. The Morgan fingerprint density at radius 2 is 1.48 bits per heavy atom. The molecule has 16 N–H and O–H groups in total. The highest BCUT2D eigenvalue weighted by Gasteiger charge is 2.45. The molecule has 0 unspecified atom stereocenters. The lowest BCUT2D eigenvalue weighted by atomic mass is 9.99. The first kappa shape index (κ1) is 58.8. The van der Waals surface area contributed by atoms with Gasteiger partial charge in [0.15, 0.2) is 0 Å². The lowest BCUT2D eigenvalue weighted by Crippen LogP contribution is -2.44. The van der Waals surface area contributed by atoms with Crippen molar-refractivity contribution in [3.8, 4) is 11.1 Å². The van der Waals surface area contributed by atoms with Gasteiger partial charge in [-0.2, -0.15) is 11.8 Å². The molecule has 0 spiro atoms. The quantitative estimate of drug-likeness (QED) is 0.0631. The summed E-state index contributed by atoms with van der Waals surface area (Å²) in [5.41, 5.74) is 19.9. The summed E-state index contributed by atoms with van der Waals surface area (Å²) in [5.74, 6) is 1.57. The van der Waals surface area contributed by atoms with Gasteiger partial charge in [0.05, 0.1) is 42.3 Å². The van der Waals surface area contributed by atoms with Crippen molar-refractivity contribution in [2.75, 3.05) is 49.1 Å². The van der Waals surface area contributed by atoms with Crippen molar-refractivity contribution in [1.82, 2.24) is 24.9 Å². The molecule has 64 heavy (non-hydrogen) atoms. The predicted octanol–water partition coefficient (Wildman–Crippen LogP) is 5.87. The molecule has 5 aromatic rings. The molecular weight excluding hydrogens is 855 g/mol. The van der Waals surface area contributed by atoms with Gasteiger partial charge >= 0.3 is 0 Å². The van der Waals surface area contributed by atoms with Crippen LogP contribution in [0.4, 0.5) is 11.6 Å². The molecule has 2 atom stereocenters. The second-order valence-corrected chi connectivity index (χ2v) is 15.8. The van der Waals surface area contributed by atoms with Crippen LogP contribution in [0.1, 0.15) is 79.9 Å². The van der Waals surface area contributed by atoms with Crippen molar-refractivity contribution >= 4 is 80.8 Å². The number of aromatic nitrogens is 5. The molecule has 19 heteroatoms. The van der Waals surface area contributed by atoms with Crippen LogP contribution in [0.3, 0.4) is 0 Å². The Hall–Kier alpha value is -5.25. The molecule has 7 rings (SSSR count). The molecule has 356 valence electrons. The van der Waals surface area contributed by atoms with E-state index in [-0.39, 0.29) is 48.2 Å². The van der Waals surface area contributed by atoms with Crippen LogP contribution in [-0.4, -0.2) is 115 Å². The second-order valence-electron chi connectivity index (χ2n) is 13.8. The van der Waals surface area contributed by atoms with Crippen LogP contribution in [0.25, 0.3) is 44.3 Å². The number of nitrogens with zero attached hydrogens (tertiary/aromatic N) is 6. The summed E-state index contributed by atoms with van der Waals surface area (Å²) in [6.07, 6.45) is 15.4. The Bertz CT molecular complexity index is 2340. The van der Waals surface area contributed by atoms with E-state index in [2.05, 4.69) is 50.5 Å². The normalized spacial score (nSPS) is 15.3. The van der Waals surface area contributed by atoms with Crippen molar-refractivity contribution in [2.45, 2.75) is 83.2 Å². The van der Waals surface area contributed by atoms with Crippen LogP contribution >= 0.6 is 23.5 Å². The molecule has 1 aliphatic carbocycles. The molecule has 17 nitrogen and oxygen atoms in total. The SMILES string of the molecule is CC.CC.CSC1(c2cc(N3CCOC[C@H]3C)nc3c(/C(N)=C/C=N)nccc23)CC1.CSc1ccc(-c2cc(N[C@H](C)CO)nc3c(/C(N)=C/C=N)nccc23)c(C)n1.O.O.O.O.[HH].[HH]. The lowest BCUT2D eigenvalue weighted by molar-refractivity contribution is 0.0985. The number of rotatable bonds is 12. The van der Waals surface area contributed by atoms with Crippen molar-refractivity contribution in [3.05, 3.63) is 83.6 Å². The predicted molar refractivity (Wildman–Crippen MR) is 274 cm³/mol. The summed E-state index contributed by atoms with van der Waals surface area (Å²) in [4.78, 5) is 25.6. The average molecular weight is 928 g/mol. The van der Waals surface area contributed by atoms with Crippen LogP contribution in [0.5, 0.6) is 0 Å². The van der Waals surface area contributed by atoms with Gasteiger partial charge in [-0.1, -0.05) is 27.7 Å². The molecule has 0 radical (unpaired) electrons. The molecule has 0 amide bonds. The number of pyridine rings is 5. The number of thioether (sulfide) groups is 2. The number of nitrogens with one attached hydrogen (secondary N) is 3. The van der Waals surface area contributed by atoms with Crippen molar-refractivity contribution < 1.29 is 34.6 Å². The third-order valence-corrected chi connectivity index (χ3v) is 12.0. The van der Waals surface area contributed by atoms with E-state index in [9.17, 15) is 5.11 Å². The number of ether oxygens (including phenoxy) is 1. The van der Waals surface area contributed by atoms with Gasteiger partial charge in [-0.3, -0.25) is 9.97 Å². The summed E-state index contributed by atoms with van der Waals surface area (Å²) >= 11 is 3.51. The smallest absolute Gasteiger partial charge is 0.130 e. The standard InChI is InChI=1S/C21H24N6OS.C20H25N5OS.2C2H6.4H2O.2H2/c1-12(11-28)25-18-10-16(14-4-5-19(29-3)26-13(14)2)15-7-9-24-21(20(15)27-18)17(23)6-8-22;1-13-12-26-10-9-25(13)17-11-15(20(27-2)5-6-20)14-4-8-23-19(18(14)24-17)16(22)3-7-21;2*1-2;;;;;;/h4-10,12,22,28H,11,23H2,1-3H3,(H,25,27);3-4,7-8,11,13,21H,5-6,9-10,12,22H2,1-2H3;2*1-2H3;4*1H2;2*1H/b17-6-,22-8?;16-3-,21-7?;;;;;;;;/t12-;13-;;;;;;;;/m11......../s1. The second kappa shape index (κ2) is 27.8. The fourth-order valence-corrected chi connectivity index (χ4v) is 8.20. The number of hydrogen-bond acceptors (Lipinski definition) is 15. The summed E-state index contributed by atoms with van der Waals surface area (Å²) in [7, 11) is 0. The van der Waals surface area contributed by atoms with Gasteiger partial charge in [0.25, 0.3) is 0 Å². The molecular formula is C45H73N11O6S2. The highest BCUT2D eigenvalue weighted by molar-refractivity contribution is 7.99. The van der Waals surface area contributed by atoms with E-state index in [4.69, 9.17) is 37.0 Å². The van der Waals surface area contributed by atoms with E-state index in [1.54, 1.807) is 30.2 Å². The van der Waals surface area contributed by atoms with E-state index in [0.29, 0.717) is 47.3 Å². The maximum absolute atomic E-state index is 9.44. The highest BCUT2D eigenvalue weighted by atomic mass is 32.2. The minimum atomic E-state index is -0.166. The maximum Gasteiger partial charge on any atom is 0.130 e. The third-order valence-electron chi connectivity index (χ3n) is 9.99. The molecule has 1 saturated carbocycles. The zero-order valence-corrected chi connectivity index (χ0v) is 40.0. The van der Waals surface area contributed by atoms with E-state index in [1.165, 1.54) is 30.7 Å². The van der Waals surface area contributed by atoms with Gasteiger partial charge in [0.1, 0.15) is 34.1 Å². The van der Waals surface area contributed by atoms with Gasteiger partial charge in [0, 0.05) is 67.0 Å². The zero-order chi connectivity index (χ0) is 44.0. The van der Waals surface area contributed by atoms with E-state index in [1.807, 2.05) is 83.8 Å². The fraction of sp³-hybridized carbons (Fsp3) is 0.400. The molecule has 1 aliphatic heterocycles. The van der Waals surface area contributed by atoms with Crippen LogP contribution in [0, 0.1) is 17.7 Å². The van der Waals surface area contributed by atoms with Crippen LogP contribution in [0.2, 0.25) is 0 Å². The summed E-state index contributed by atoms with van der Waals surface area (Å²) in [5, 5.41) is 30.3. The summed E-state index contributed by atoms with van der Waals surface area (Å²) < 4.78 is 5.76. The molecule has 6 heterocycles. The topological polar surface area (TPSA) is 335 Å². The van der Waals surface area contributed by atoms with Gasteiger partial charge in [0.2, 0.25) is 0 Å². The number of allylic oxidation sites excluding steroid dienone is 2. The number of anilines is 2. The Balaban J connectivity index is -0.00000103. The van der Waals surface area contributed by atoms with Crippen molar-refractivity contribution in [3.63, 3.8) is 0 Å². The van der Waals surface area contributed by atoms with Crippen LogP contribution in [0.15, 0.2) is 66.0 Å². The van der Waals surface area contributed by atoms with Gasteiger partial charge < -0.3 is 64.3 Å². The minimum absolute atomic E-state index is 0. The number of aryl methyl sites for hydroxylation is 1. The number of aliphatic hydroxyl groups is 1. The molecule has 0 aromatic carbocycles. The number of hydrogen-bond donors (Lipinski definition) is 6. The first-order chi connectivity index (χ1) is 29.1. The average Bonchev–Trinajstić information content (AvgIpc) is 4.08. The molecule has 0 bridgehead atoms. The number of morpholine rings is 1. The van der Waals surface area contributed by atoms with Crippen molar-refractivity contribution in [1.29, 1.82) is 10.8 Å². The van der Waals surface area contributed by atoms with Gasteiger partial charge in [-0.05, 0) is 106 Å². The fourth-order valence-electron chi connectivity index (χ4n) is 6.87. The Kier molecular flexibility index (Phi) is 25.5. The molecule has 2 aliphatic rings. The van der Waals surface area contributed by atoms with E-state index >= 15 is 0 Å². The Labute approximate surface area is 388 Å². The first-order valence-electron chi connectivity index (χ1n) is 20.4. The molecule has 2 fully saturated rings. The Morgan fingerprint density at radius 1 is 0.906 bits per heavy atom. The minimum Gasteiger partial charge on any atom is -0.412 e. The number of fused-ring (bicyclic) bond motifs is 2. The Morgan fingerprint density at radius 3 is 1.98 bits per heavy atom. The third kappa shape index (κ3) is 13.4. The zero-order valence-electron chi connectivity index (χ0n) is 38.3. The van der Waals surface area contributed by atoms with E-state index < -0.39 is 0 Å².